The molecule has 0 spiro atoms. The van der Waals surface area contributed by atoms with Crippen molar-refractivity contribution >= 4 is 17.4 Å². The van der Waals surface area contributed by atoms with Crippen LogP contribution < -0.4 is 10.6 Å². The first-order chi connectivity index (χ1) is 10.6. The van der Waals surface area contributed by atoms with Gasteiger partial charge in [0.25, 0.3) is 0 Å². The summed E-state index contributed by atoms with van der Waals surface area (Å²) in [7, 11) is 0. The summed E-state index contributed by atoms with van der Waals surface area (Å²) < 4.78 is 0. The van der Waals surface area contributed by atoms with E-state index in [9.17, 15) is 4.79 Å². The molecule has 2 aromatic rings. The number of benzene rings is 1. The Morgan fingerprint density at radius 3 is 2.73 bits per heavy atom. The van der Waals surface area contributed by atoms with E-state index in [-0.39, 0.29) is 11.8 Å². The number of nitrogens with one attached hydrogen (secondary N) is 2. The highest BCUT2D eigenvalue weighted by Gasteiger charge is 2.10. The first-order valence-electron chi connectivity index (χ1n) is 7.66. The van der Waals surface area contributed by atoms with Crippen LogP contribution in [-0.2, 0) is 11.3 Å². The summed E-state index contributed by atoms with van der Waals surface area (Å²) in [6.07, 6.45) is 0.839. The molecule has 116 valence electrons. The summed E-state index contributed by atoms with van der Waals surface area (Å²) in [4.78, 5) is 16.3. The standard InChI is InChI=1S/C18H23N3O/c1-4-13(2)18(22)21-16-9-6-8-15(11-16)12-19-17-10-5-7-14(3)20-17/h5-11,13H,4,12H2,1-3H3,(H,19,20)(H,21,22). The van der Waals surface area contributed by atoms with E-state index in [2.05, 4.69) is 15.6 Å². The van der Waals surface area contributed by atoms with Crippen molar-refractivity contribution in [2.75, 3.05) is 10.6 Å². The number of pyridine rings is 1. The van der Waals surface area contributed by atoms with E-state index in [0.29, 0.717) is 6.54 Å². The molecule has 0 aliphatic heterocycles. The van der Waals surface area contributed by atoms with Gasteiger partial charge in [0, 0.05) is 23.8 Å². The van der Waals surface area contributed by atoms with Gasteiger partial charge in [-0.1, -0.05) is 32.0 Å². The van der Waals surface area contributed by atoms with Crippen molar-refractivity contribution in [1.29, 1.82) is 0 Å². The molecule has 1 amide bonds. The maximum Gasteiger partial charge on any atom is 0.227 e. The number of amides is 1. The van der Waals surface area contributed by atoms with Gasteiger partial charge in [-0.25, -0.2) is 4.98 Å². The summed E-state index contributed by atoms with van der Waals surface area (Å²) in [6.45, 7) is 6.59. The lowest BCUT2D eigenvalue weighted by Gasteiger charge is -2.11. The minimum Gasteiger partial charge on any atom is -0.366 e. The van der Waals surface area contributed by atoms with Gasteiger partial charge in [-0.15, -0.1) is 0 Å². The molecular weight excluding hydrogens is 274 g/mol. The van der Waals surface area contributed by atoms with E-state index in [1.165, 1.54) is 0 Å². The fourth-order valence-corrected chi connectivity index (χ4v) is 2.04. The summed E-state index contributed by atoms with van der Waals surface area (Å²) in [5.74, 6) is 0.945. The van der Waals surface area contributed by atoms with Crippen molar-refractivity contribution in [2.24, 2.45) is 5.92 Å². The lowest BCUT2D eigenvalue weighted by atomic mass is 10.1. The lowest BCUT2D eigenvalue weighted by molar-refractivity contribution is -0.119. The Kier molecular flexibility index (Phi) is 5.53. The van der Waals surface area contributed by atoms with Crippen molar-refractivity contribution in [1.82, 2.24) is 4.98 Å². The van der Waals surface area contributed by atoms with Crippen LogP contribution in [0.2, 0.25) is 0 Å². The zero-order chi connectivity index (χ0) is 15.9. The largest absolute Gasteiger partial charge is 0.366 e. The number of aryl methyl sites for hydroxylation is 1. The number of hydrogen-bond donors (Lipinski definition) is 2. The second-order valence-electron chi connectivity index (χ2n) is 5.52. The molecule has 0 bridgehead atoms. The van der Waals surface area contributed by atoms with Crippen LogP contribution in [0.3, 0.4) is 0 Å². The van der Waals surface area contributed by atoms with Crippen LogP contribution in [0, 0.1) is 12.8 Å². The molecule has 0 saturated carbocycles. The molecule has 4 heteroatoms. The van der Waals surface area contributed by atoms with Crippen LogP contribution in [0.1, 0.15) is 31.5 Å². The van der Waals surface area contributed by atoms with Crippen LogP contribution in [-0.4, -0.2) is 10.9 Å². The molecule has 0 radical (unpaired) electrons. The Morgan fingerprint density at radius 1 is 1.23 bits per heavy atom. The van der Waals surface area contributed by atoms with Crippen molar-refractivity contribution in [3.63, 3.8) is 0 Å². The number of aromatic nitrogens is 1. The Hall–Kier alpha value is -2.36. The Morgan fingerprint density at radius 2 is 2.00 bits per heavy atom. The average molecular weight is 297 g/mol. The quantitative estimate of drug-likeness (QED) is 0.847. The Balaban J connectivity index is 1.98. The molecule has 1 atom stereocenters. The third-order valence-electron chi connectivity index (χ3n) is 3.62. The fourth-order valence-electron chi connectivity index (χ4n) is 2.04. The molecule has 1 unspecified atom stereocenters. The first kappa shape index (κ1) is 16.0. The summed E-state index contributed by atoms with van der Waals surface area (Å²) in [5.41, 5.74) is 2.92. The zero-order valence-corrected chi connectivity index (χ0v) is 13.4. The average Bonchev–Trinajstić information content (AvgIpc) is 2.52. The normalized spacial score (nSPS) is 11.8. The summed E-state index contributed by atoms with van der Waals surface area (Å²) >= 11 is 0. The number of anilines is 2. The number of carbonyl (C=O) groups excluding carboxylic acids is 1. The third-order valence-corrected chi connectivity index (χ3v) is 3.62. The molecular formula is C18H23N3O. The Bertz CT molecular complexity index is 640. The monoisotopic (exact) mass is 297 g/mol. The molecule has 4 nitrogen and oxygen atoms in total. The van der Waals surface area contributed by atoms with Gasteiger partial charge < -0.3 is 10.6 Å². The third kappa shape index (κ3) is 4.58. The van der Waals surface area contributed by atoms with Crippen LogP contribution in [0.25, 0.3) is 0 Å². The zero-order valence-electron chi connectivity index (χ0n) is 13.4. The number of rotatable bonds is 6. The molecule has 0 aliphatic rings. The van der Waals surface area contributed by atoms with Gasteiger partial charge in [-0.05, 0) is 43.2 Å². The molecule has 1 heterocycles. The molecule has 2 rings (SSSR count). The highest BCUT2D eigenvalue weighted by Crippen LogP contribution is 2.14. The van der Waals surface area contributed by atoms with Gasteiger partial charge in [0.15, 0.2) is 0 Å². The van der Waals surface area contributed by atoms with Crippen molar-refractivity contribution in [3.05, 3.63) is 53.7 Å². The molecule has 2 N–H and O–H groups in total. The van der Waals surface area contributed by atoms with Gasteiger partial charge in [0.05, 0.1) is 0 Å². The molecule has 22 heavy (non-hydrogen) atoms. The lowest BCUT2D eigenvalue weighted by Crippen LogP contribution is -2.19. The van der Waals surface area contributed by atoms with Crippen LogP contribution in [0.15, 0.2) is 42.5 Å². The van der Waals surface area contributed by atoms with Gasteiger partial charge in [-0.2, -0.15) is 0 Å². The van der Waals surface area contributed by atoms with Gasteiger partial charge in [0.2, 0.25) is 5.91 Å². The topological polar surface area (TPSA) is 54.0 Å². The summed E-state index contributed by atoms with van der Waals surface area (Å²) in [6, 6.07) is 13.8. The first-order valence-corrected chi connectivity index (χ1v) is 7.66. The molecule has 0 fully saturated rings. The van der Waals surface area contributed by atoms with Crippen LogP contribution >= 0.6 is 0 Å². The molecule has 0 saturated heterocycles. The number of nitrogens with zero attached hydrogens (tertiary/aromatic N) is 1. The van der Waals surface area contributed by atoms with E-state index < -0.39 is 0 Å². The number of hydrogen-bond acceptors (Lipinski definition) is 3. The fraction of sp³-hybridized carbons (Fsp3) is 0.333. The predicted molar refractivity (Wildman–Crippen MR) is 90.8 cm³/mol. The molecule has 1 aromatic heterocycles. The van der Waals surface area contributed by atoms with E-state index in [1.807, 2.05) is 63.2 Å². The van der Waals surface area contributed by atoms with E-state index in [1.54, 1.807) is 0 Å². The number of carbonyl (C=O) groups is 1. The smallest absolute Gasteiger partial charge is 0.227 e. The van der Waals surface area contributed by atoms with Gasteiger partial charge >= 0.3 is 0 Å². The van der Waals surface area contributed by atoms with Crippen molar-refractivity contribution < 1.29 is 4.79 Å². The SMILES string of the molecule is CCC(C)C(=O)Nc1cccc(CNc2cccc(C)n2)c1. The summed E-state index contributed by atoms with van der Waals surface area (Å²) in [5, 5.41) is 6.25. The second kappa shape index (κ2) is 7.59. The van der Waals surface area contributed by atoms with E-state index >= 15 is 0 Å². The van der Waals surface area contributed by atoms with Crippen LogP contribution in [0.4, 0.5) is 11.5 Å². The maximum atomic E-state index is 11.9. The van der Waals surface area contributed by atoms with Crippen molar-refractivity contribution in [3.8, 4) is 0 Å². The molecule has 1 aromatic carbocycles. The van der Waals surface area contributed by atoms with E-state index in [0.717, 1.165) is 29.2 Å². The second-order valence-corrected chi connectivity index (χ2v) is 5.52. The van der Waals surface area contributed by atoms with E-state index in [4.69, 9.17) is 0 Å². The Labute approximate surface area is 132 Å². The minimum atomic E-state index is 0.0262. The molecule has 0 aliphatic carbocycles. The predicted octanol–water partition coefficient (Wildman–Crippen LogP) is 3.99. The van der Waals surface area contributed by atoms with Crippen molar-refractivity contribution in [2.45, 2.75) is 33.7 Å². The highest BCUT2D eigenvalue weighted by molar-refractivity contribution is 5.92. The minimum absolute atomic E-state index is 0.0262. The van der Waals surface area contributed by atoms with Crippen LogP contribution in [0.5, 0.6) is 0 Å². The highest BCUT2D eigenvalue weighted by atomic mass is 16.1. The van der Waals surface area contributed by atoms with Gasteiger partial charge in [0.1, 0.15) is 5.82 Å². The maximum absolute atomic E-state index is 11.9. The van der Waals surface area contributed by atoms with Gasteiger partial charge in [-0.3, -0.25) is 4.79 Å².